The maximum atomic E-state index is 13.4. The molecular weight excluding hydrogens is 394 g/mol. The smallest absolute Gasteiger partial charge is 0.225 e. The average molecular weight is 410 g/mol. The monoisotopic (exact) mass is 409 g/mol. The van der Waals surface area contributed by atoms with Gasteiger partial charge in [0, 0.05) is 10.6 Å². The molecule has 4 aromatic rings. The molecule has 4 rings (SSSR count). The molecule has 0 fully saturated rings. The standard InChI is InChI=1S/C21H16ClN3O2S/c22-18-13-11-16(12-14-18)15-25-21(28(26,27)19-9-5-2-6-10-19)20(23-24-25)17-7-3-1-4-8-17/h1-14H,15H2. The molecule has 0 atom stereocenters. The fourth-order valence-corrected chi connectivity index (χ4v) is 4.58. The van der Waals surface area contributed by atoms with Crippen molar-refractivity contribution < 1.29 is 8.42 Å². The topological polar surface area (TPSA) is 64.8 Å². The van der Waals surface area contributed by atoms with Crippen molar-refractivity contribution in [1.29, 1.82) is 0 Å². The molecule has 0 aliphatic heterocycles. The summed E-state index contributed by atoms with van der Waals surface area (Å²) in [5, 5.41) is 9.04. The van der Waals surface area contributed by atoms with Gasteiger partial charge in [0.1, 0.15) is 5.69 Å². The van der Waals surface area contributed by atoms with E-state index >= 15 is 0 Å². The summed E-state index contributed by atoms with van der Waals surface area (Å²) in [6.45, 7) is 0.262. The van der Waals surface area contributed by atoms with E-state index in [-0.39, 0.29) is 16.5 Å². The molecular formula is C21H16ClN3O2S. The molecule has 140 valence electrons. The van der Waals surface area contributed by atoms with Crippen molar-refractivity contribution in [3.8, 4) is 11.3 Å². The molecule has 0 bridgehead atoms. The second kappa shape index (κ2) is 7.58. The number of sulfone groups is 1. The molecule has 7 heteroatoms. The SMILES string of the molecule is O=S(=O)(c1ccccc1)c1c(-c2ccccc2)nnn1Cc1ccc(Cl)cc1. The zero-order valence-corrected chi connectivity index (χ0v) is 16.3. The predicted octanol–water partition coefficient (Wildman–Crippen LogP) is 4.48. The van der Waals surface area contributed by atoms with E-state index in [2.05, 4.69) is 10.3 Å². The van der Waals surface area contributed by atoms with Gasteiger partial charge in [-0.25, -0.2) is 13.1 Å². The highest BCUT2D eigenvalue weighted by atomic mass is 35.5. The molecule has 0 aliphatic carbocycles. The Hall–Kier alpha value is -2.96. The normalized spacial score (nSPS) is 11.5. The molecule has 0 saturated heterocycles. The Morgan fingerprint density at radius 1 is 0.821 bits per heavy atom. The van der Waals surface area contributed by atoms with Crippen molar-refractivity contribution in [2.75, 3.05) is 0 Å². The molecule has 0 aliphatic rings. The van der Waals surface area contributed by atoms with E-state index < -0.39 is 9.84 Å². The summed E-state index contributed by atoms with van der Waals surface area (Å²) < 4.78 is 28.3. The molecule has 1 heterocycles. The Morgan fingerprint density at radius 2 is 1.43 bits per heavy atom. The molecule has 0 unspecified atom stereocenters. The summed E-state index contributed by atoms with van der Waals surface area (Å²) in [6, 6.07) is 24.7. The fourth-order valence-electron chi connectivity index (χ4n) is 2.93. The van der Waals surface area contributed by atoms with Crippen molar-refractivity contribution in [2.24, 2.45) is 0 Å². The third-order valence-corrected chi connectivity index (χ3v) is 6.35. The number of benzene rings is 3. The Balaban J connectivity index is 1.88. The van der Waals surface area contributed by atoms with Gasteiger partial charge in [-0.3, -0.25) is 0 Å². The first-order chi connectivity index (χ1) is 13.6. The number of hydrogen-bond acceptors (Lipinski definition) is 4. The molecule has 0 spiro atoms. The average Bonchev–Trinajstić information content (AvgIpc) is 3.15. The maximum absolute atomic E-state index is 13.4. The number of halogens is 1. The molecule has 0 N–H and O–H groups in total. The first kappa shape index (κ1) is 18.4. The summed E-state index contributed by atoms with van der Waals surface area (Å²) in [5.74, 6) is 0. The third kappa shape index (κ3) is 3.56. The van der Waals surface area contributed by atoms with Crippen LogP contribution >= 0.6 is 11.6 Å². The zero-order valence-electron chi connectivity index (χ0n) is 14.7. The van der Waals surface area contributed by atoms with E-state index in [0.717, 1.165) is 5.56 Å². The van der Waals surface area contributed by atoms with E-state index in [0.29, 0.717) is 16.3 Å². The number of nitrogens with zero attached hydrogens (tertiary/aromatic N) is 3. The van der Waals surface area contributed by atoms with Gasteiger partial charge in [0.15, 0.2) is 5.03 Å². The van der Waals surface area contributed by atoms with Gasteiger partial charge in [0.05, 0.1) is 11.4 Å². The number of rotatable bonds is 5. The largest absolute Gasteiger partial charge is 0.228 e. The van der Waals surface area contributed by atoms with Gasteiger partial charge in [0.2, 0.25) is 9.84 Å². The van der Waals surface area contributed by atoms with Gasteiger partial charge in [-0.2, -0.15) is 0 Å². The Morgan fingerprint density at radius 3 is 2.07 bits per heavy atom. The summed E-state index contributed by atoms with van der Waals surface area (Å²) in [6.07, 6.45) is 0. The van der Waals surface area contributed by atoms with Gasteiger partial charge >= 0.3 is 0 Å². The molecule has 28 heavy (non-hydrogen) atoms. The lowest BCUT2D eigenvalue weighted by atomic mass is 10.2. The Bertz CT molecular complexity index is 1190. The van der Waals surface area contributed by atoms with Gasteiger partial charge in [-0.05, 0) is 29.8 Å². The highest BCUT2D eigenvalue weighted by Gasteiger charge is 2.29. The first-order valence-electron chi connectivity index (χ1n) is 8.59. The molecule has 0 amide bonds. The molecule has 3 aromatic carbocycles. The number of aromatic nitrogens is 3. The van der Waals surface area contributed by atoms with Crippen molar-refractivity contribution in [2.45, 2.75) is 16.5 Å². The second-order valence-corrected chi connectivity index (χ2v) is 8.51. The fraction of sp³-hybridized carbons (Fsp3) is 0.0476. The predicted molar refractivity (Wildman–Crippen MR) is 108 cm³/mol. The van der Waals surface area contributed by atoms with Crippen LogP contribution in [0.15, 0.2) is 94.9 Å². The van der Waals surface area contributed by atoms with Crippen LogP contribution in [0.2, 0.25) is 5.02 Å². The summed E-state index contributed by atoms with van der Waals surface area (Å²) in [5.41, 5.74) is 1.90. The molecule has 5 nitrogen and oxygen atoms in total. The van der Waals surface area contributed by atoms with E-state index in [9.17, 15) is 8.42 Å². The molecule has 0 saturated carbocycles. The highest BCUT2D eigenvalue weighted by molar-refractivity contribution is 7.91. The minimum atomic E-state index is -3.82. The van der Waals surface area contributed by atoms with Crippen LogP contribution in [-0.2, 0) is 16.4 Å². The molecule has 0 radical (unpaired) electrons. The Labute approximate surface area is 168 Å². The summed E-state index contributed by atoms with van der Waals surface area (Å²) in [4.78, 5) is 0.201. The van der Waals surface area contributed by atoms with Crippen LogP contribution < -0.4 is 0 Å². The van der Waals surface area contributed by atoms with Crippen molar-refractivity contribution in [3.05, 3.63) is 95.5 Å². The zero-order chi connectivity index (χ0) is 19.6. The van der Waals surface area contributed by atoms with Crippen LogP contribution in [0.25, 0.3) is 11.3 Å². The minimum absolute atomic E-state index is 0.0693. The van der Waals surface area contributed by atoms with Crippen molar-refractivity contribution in [1.82, 2.24) is 15.0 Å². The van der Waals surface area contributed by atoms with Crippen LogP contribution in [0.5, 0.6) is 0 Å². The highest BCUT2D eigenvalue weighted by Crippen LogP contribution is 2.30. The Kier molecular flexibility index (Phi) is 4.98. The number of hydrogen-bond donors (Lipinski definition) is 0. The second-order valence-electron chi connectivity index (χ2n) is 6.21. The van der Waals surface area contributed by atoms with Crippen LogP contribution in [0, 0.1) is 0 Å². The van der Waals surface area contributed by atoms with Crippen molar-refractivity contribution in [3.63, 3.8) is 0 Å². The molecule has 1 aromatic heterocycles. The first-order valence-corrected chi connectivity index (χ1v) is 10.5. The lowest BCUT2D eigenvalue weighted by molar-refractivity contribution is 0.557. The van der Waals surface area contributed by atoms with Gasteiger partial charge in [-0.1, -0.05) is 77.5 Å². The van der Waals surface area contributed by atoms with Crippen molar-refractivity contribution >= 4 is 21.4 Å². The van der Waals surface area contributed by atoms with E-state index in [1.54, 1.807) is 42.5 Å². The van der Waals surface area contributed by atoms with Crippen LogP contribution in [0.1, 0.15) is 5.56 Å². The van der Waals surface area contributed by atoms with Crippen LogP contribution in [0.3, 0.4) is 0 Å². The lowest BCUT2D eigenvalue weighted by Gasteiger charge is -2.10. The van der Waals surface area contributed by atoms with E-state index in [1.165, 1.54) is 4.68 Å². The quantitative estimate of drug-likeness (QED) is 0.487. The van der Waals surface area contributed by atoms with E-state index in [1.807, 2.05) is 42.5 Å². The van der Waals surface area contributed by atoms with Gasteiger partial charge < -0.3 is 0 Å². The minimum Gasteiger partial charge on any atom is -0.228 e. The van der Waals surface area contributed by atoms with Crippen LogP contribution in [0.4, 0.5) is 0 Å². The summed E-state index contributed by atoms with van der Waals surface area (Å²) >= 11 is 5.95. The lowest BCUT2D eigenvalue weighted by Crippen LogP contribution is -2.13. The van der Waals surface area contributed by atoms with E-state index in [4.69, 9.17) is 11.6 Å². The van der Waals surface area contributed by atoms with Gasteiger partial charge in [-0.15, -0.1) is 5.10 Å². The van der Waals surface area contributed by atoms with Crippen LogP contribution in [-0.4, -0.2) is 23.4 Å². The van der Waals surface area contributed by atoms with Gasteiger partial charge in [0.25, 0.3) is 0 Å². The summed E-state index contributed by atoms with van der Waals surface area (Å²) in [7, 11) is -3.82. The maximum Gasteiger partial charge on any atom is 0.225 e. The third-order valence-electron chi connectivity index (χ3n) is 4.29.